The fourth-order valence-electron chi connectivity index (χ4n) is 10.0. The van der Waals surface area contributed by atoms with E-state index in [0.717, 1.165) is 154 Å². The molecule has 0 amide bonds. The molecule has 0 saturated heterocycles. The second-order valence-electron chi connectivity index (χ2n) is 27.9. The van der Waals surface area contributed by atoms with Gasteiger partial charge in [-0.1, -0.05) is 160 Å². The Kier molecular flexibility index (Phi) is 56.2. The average Bonchev–Trinajstić information content (AvgIpc) is 0.808. The van der Waals surface area contributed by atoms with Gasteiger partial charge in [-0.25, -0.2) is 0 Å². The Morgan fingerprint density at radius 3 is 0.438 bits per heavy atom. The molecular formula is C84H140O20Zr. The van der Waals surface area contributed by atoms with Gasteiger partial charge in [-0.3, -0.25) is 0 Å². The fraction of sp³-hybridized carbons (Fsp3) is 0.714. The maximum absolute atomic E-state index is 11.4. The van der Waals surface area contributed by atoms with E-state index in [1.807, 2.05) is 48.5 Å². The number of ether oxygens (including phenoxy) is 12. The van der Waals surface area contributed by atoms with Crippen molar-refractivity contribution in [2.45, 2.75) is 315 Å². The monoisotopic (exact) mass is 1560 g/mol. The Morgan fingerprint density at radius 2 is 0.314 bits per heavy atom. The van der Waals surface area contributed by atoms with E-state index in [-0.39, 0.29) is 26.2 Å². The average molecular weight is 1560 g/mol. The van der Waals surface area contributed by atoms with Crippen LogP contribution in [-0.4, -0.2) is 79.3 Å². The van der Waals surface area contributed by atoms with Crippen LogP contribution in [0.3, 0.4) is 0 Å². The van der Waals surface area contributed by atoms with Crippen molar-refractivity contribution in [1.29, 1.82) is 0 Å². The van der Waals surface area contributed by atoms with E-state index >= 15 is 0 Å². The third-order valence-electron chi connectivity index (χ3n) is 16.6. The van der Waals surface area contributed by atoms with Crippen LogP contribution < -0.4 is 77.9 Å². The smallest absolute Gasteiger partial charge is 0.723 e. The first-order chi connectivity index (χ1) is 50.0. The minimum absolute atomic E-state index is 0. The molecule has 20 nitrogen and oxygen atoms in total. The molecule has 4 aromatic carbocycles. The first-order valence-electron chi connectivity index (χ1n) is 39.5. The topological polar surface area (TPSA) is 240 Å². The van der Waals surface area contributed by atoms with Crippen molar-refractivity contribution in [2.24, 2.45) is 0 Å². The minimum atomic E-state index is -1.09. The standard InChI is InChI=1S/4C21H36O5.Zr/c4*1-6-9-14-23-17-12-13-18(24-15-10-7-2)20(25-16-11-8-3)19(17)21(4,5)26-22;/h4*12-13,22H,6-11,14-16H2,1-5H3;/q;;;;+4/p-4. The van der Waals surface area contributed by atoms with E-state index in [4.69, 9.17) is 56.8 Å². The summed E-state index contributed by atoms with van der Waals surface area (Å²) < 4.78 is 71.7. The number of benzene rings is 4. The van der Waals surface area contributed by atoms with Crippen molar-refractivity contribution in [3.05, 3.63) is 70.8 Å². The van der Waals surface area contributed by atoms with Crippen molar-refractivity contribution in [3.8, 4) is 69.0 Å². The molecule has 0 aliphatic carbocycles. The summed E-state index contributed by atoms with van der Waals surface area (Å²) in [6.45, 7) is 46.2. The van der Waals surface area contributed by atoms with Crippen LogP contribution in [0, 0.1) is 0 Å². The zero-order valence-corrected chi connectivity index (χ0v) is 71.2. The van der Waals surface area contributed by atoms with Gasteiger partial charge in [0.2, 0.25) is 0 Å². The second kappa shape index (κ2) is 59.0. The normalized spacial score (nSPS) is 11.4. The van der Waals surface area contributed by atoms with Crippen molar-refractivity contribution in [2.75, 3.05) is 79.3 Å². The van der Waals surface area contributed by atoms with Gasteiger partial charge < -0.3 is 97.4 Å². The molecule has 105 heavy (non-hydrogen) atoms. The number of rotatable bonds is 56. The van der Waals surface area contributed by atoms with Gasteiger partial charge in [0, 0.05) is 0 Å². The van der Waals surface area contributed by atoms with Gasteiger partial charge >= 0.3 is 26.2 Å². The summed E-state index contributed by atoms with van der Waals surface area (Å²) in [6.07, 6.45) is 23.7. The number of hydrogen-bond acceptors (Lipinski definition) is 20. The third kappa shape index (κ3) is 36.9. The molecule has 0 spiro atoms. The van der Waals surface area contributed by atoms with Gasteiger partial charge in [0.1, 0.15) is 23.0 Å². The van der Waals surface area contributed by atoms with Gasteiger partial charge in [0.25, 0.3) is 0 Å². The van der Waals surface area contributed by atoms with Crippen molar-refractivity contribution >= 4 is 0 Å². The molecule has 21 heteroatoms. The van der Waals surface area contributed by atoms with Gasteiger partial charge in [-0.2, -0.15) is 0 Å². The molecule has 0 fully saturated rings. The molecule has 0 bridgehead atoms. The van der Waals surface area contributed by atoms with E-state index in [0.29, 0.717) is 171 Å². The summed E-state index contributed by atoms with van der Waals surface area (Å²) >= 11 is 0. The third-order valence-corrected chi connectivity index (χ3v) is 16.6. The van der Waals surface area contributed by atoms with E-state index in [9.17, 15) is 21.0 Å². The molecule has 0 aliphatic heterocycles. The molecule has 600 valence electrons. The van der Waals surface area contributed by atoms with E-state index in [1.165, 1.54) is 0 Å². The molecule has 0 N–H and O–H groups in total. The first kappa shape index (κ1) is 100. The Bertz CT molecular complexity index is 2440. The molecule has 4 aromatic rings. The summed E-state index contributed by atoms with van der Waals surface area (Å²) in [6, 6.07) is 14.8. The van der Waals surface area contributed by atoms with Crippen LogP contribution in [0.2, 0.25) is 0 Å². The number of unbranched alkanes of at least 4 members (excludes halogenated alkanes) is 12. The summed E-state index contributed by atoms with van der Waals surface area (Å²) in [7, 11) is 0. The van der Waals surface area contributed by atoms with Gasteiger partial charge in [-0.15, -0.1) is 0 Å². The Morgan fingerprint density at radius 1 is 0.200 bits per heavy atom. The molecule has 0 unspecified atom stereocenters. The summed E-state index contributed by atoms with van der Waals surface area (Å²) in [5, 5.41) is 45.7. The first-order valence-corrected chi connectivity index (χ1v) is 39.5. The molecule has 0 heterocycles. The molecule has 0 atom stereocenters. The van der Waals surface area contributed by atoms with E-state index < -0.39 is 22.4 Å². The quantitative estimate of drug-likeness (QED) is 0.0227. The van der Waals surface area contributed by atoms with Crippen LogP contribution in [0.4, 0.5) is 0 Å². The summed E-state index contributed by atoms with van der Waals surface area (Å²) in [5.74, 6) is 7.26. The molecular weight excluding hydrogens is 1420 g/mol. The SMILES string of the molecule is CCCCOc1ccc(OCCCC)c(C(C)(C)O[O-])c1OCCCC.CCCCOc1ccc(OCCCC)c(C(C)(C)O[O-])c1OCCCC.CCCCOc1ccc(OCCCC)c(C(C)(C)O[O-])c1OCCCC.CCCCOc1ccc(OCCCC)c(C(C)(C)O[O-])c1OCCCC.[Zr+4]. The molecule has 4 rings (SSSR count). The molecule has 0 radical (unpaired) electrons. The van der Waals surface area contributed by atoms with Crippen LogP contribution in [-0.2, 0) is 68.2 Å². The summed E-state index contributed by atoms with van der Waals surface area (Å²) in [5.41, 5.74) is -1.88. The fourth-order valence-corrected chi connectivity index (χ4v) is 10.0. The maximum atomic E-state index is 11.4. The zero-order chi connectivity index (χ0) is 77.7. The van der Waals surface area contributed by atoms with Gasteiger partial charge in [-0.05, 0) is 181 Å². The van der Waals surface area contributed by atoms with Crippen molar-refractivity contribution in [3.63, 3.8) is 0 Å². The predicted molar refractivity (Wildman–Crippen MR) is 407 cm³/mol. The Labute approximate surface area is 653 Å². The largest absolute Gasteiger partial charge is 4.00 e. The van der Waals surface area contributed by atoms with E-state index in [1.54, 1.807) is 55.4 Å². The summed E-state index contributed by atoms with van der Waals surface area (Å²) in [4.78, 5) is 18.1. The Balaban J connectivity index is 0.00000137. The van der Waals surface area contributed by atoms with Crippen LogP contribution in [0.1, 0.15) is 315 Å². The molecule has 0 aliphatic rings. The molecule has 0 aromatic heterocycles. The molecule has 0 saturated carbocycles. The predicted octanol–water partition coefficient (Wildman–Crippen LogP) is 19.0. The van der Waals surface area contributed by atoms with Crippen LogP contribution >= 0.6 is 0 Å². The Hall–Kier alpha value is -4.96. The van der Waals surface area contributed by atoms with Crippen molar-refractivity contribution < 1.29 is 124 Å². The van der Waals surface area contributed by atoms with Crippen LogP contribution in [0.25, 0.3) is 0 Å². The van der Waals surface area contributed by atoms with Crippen LogP contribution in [0.15, 0.2) is 48.5 Å². The number of hydrogen-bond donors (Lipinski definition) is 0. The van der Waals surface area contributed by atoms with Crippen LogP contribution in [0.5, 0.6) is 69.0 Å². The maximum Gasteiger partial charge on any atom is 4.00 e. The van der Waals surface area contributed by atoms with Gasteiger partial charge in [0.05, 0.1) is 124 Å². The van der Waals surface area contributed by atoms with Crippen molar-refractivity contribution in [1.82, 2.24) is 0 Å². The second-order valence-corrected chi connectivity index (χ2v) is 27.9. The minimum Gasteiger partial charge on any atom is -0.723 e. The zero-order valence-electron chi connectivity index (χ0n) is 68.7. The van der Waals surface area contributed by atoms with E-state index in [2.05, 4.69) is 103 Å². The van der Waals surface area contributed by atoms with Gasteiger partial charge in [0.15, 0.2) is 46.0 Å².